The van der Waals surface area contributed by atoms with Crippen LogP contribution in [0.15, 0.2) is 53.4 Å². The first-order valence-electron chi connectivity index (χ1n) is 11.9. The van der Waals surface area contributed by atoms with Crippen molar-refractivity contribution in [1.82, 2.24) is 4.90 Å². The lowest BCUT2D eigenvalue weighted by Gasteiger charge is -2.29. The third kappa shape index (κ3) is 6.15. The number of nitrogens with zero attached hydrogens (tertiary/aromatic N) is 2. The van der Waals surface area contributed by atoms with Crippen LogP contribution in [0.5, 0.6) is 5.75 Å². The zero-order valence-electron chi connectivity index (χ0n) is 21.9. The van der Waals surface area contributed by atoms with Crippen molar-refractivity contribution in [3.63, 3.8) is 0 Å². The number of thioether (sulfide) groups is 1. The third-order valence-electron chi connectivity index (χ3n) is 4.96. The van der Waals surface area contributed by atoms with Crippen LogP contribution in [0.3, 0.4) is 0 Å². The fraction of sp³-hybridized carbons (Fsp3) is 0.375. The van der Waals surface area contributed by atoms with Crippen molar-refractivity contribution < 1.29 is 32.7 Å². The summed E-state index contributed by atoms with van der Waals surface area (Å²) in [5.41, 5.74) is 0.175. The summed E-state index contributed by atoms with van der Waals surface area (Å²) in [7, 11) is 1.54. The predicted octanol–water partition coefficient (Wildman–Crippen LogP) is 4.46. The van der Waals surface area contributed by atoms with E-state index in [1.54, 1.807) is 49.6 Å². The summed E-state index contributed by atoms with van der Waals surface area (Å²) in [5, 5.41) is -0.603. The fourth-order valence-electron chi connectivity index (χ4n) is 3.43. The summed E-state index contributed by atoms with van der Waals surface area (Å²) in [4.78, 5) is 40.9. The fourth-order valence-corrected chi connectivity index (χ4v) is 4.83. The molecule has 1 aliphatic heterocycles. The van der Waals surface area contributed by atoms with Crippen LogP contribution in [-0.4, -0.2) is 61.7 Å². The SMILES string of the molecule is [2H]C([2H])([2H])N(CCN1C(=O)[C@H](OC(C)=O)[C@H](c2ccc(OC)cc2)Sc2ccccc21)C(=O)OC(C)Cl. The van der Waals surface area contributed by atoms with Crippen molar-refractivity contribution in [2.45, 2.75) is 35.7 Å². The molecule has 0 N–H and O–H groups in total. The number of anilines is 1. The molecule has 0 bridgehead atoms. The van der Waals surface area contributed by atoms with Crippen LogP contribution in [0.4, 0.5) is 10.5 Å². The Morgan fingerprint density at radius 3 is 2.56 bits per heavy atom. The molecule has 1 heterocycles. The van der Waals surface area contributed by atoms with Gasteiger partial charge in [0, 0.05) is 36.0 Å². The van der Waals surface area contributed by atoms with Gasteiger partial charge in [0.05, 0.1) is 18.0 Å². The third-order valence-corrected chi connectivity index (χ3v) is 6.42. The number of hydrogen-bond acceptors (Lipinski definition) is 7. The maximum atomic E-state index is 13.9. The molecule has 3 atom stereocenters. The molecule has 34 heavy (non-hydrogen) atoms. The molecule has 0 radical (unpaired) electrons. The Morgan fingerprint density at radius 2 is 1.94 bits per heavy atom. The predicted molar refractivity (Wildman–Crippen MR) is 130 cm³/mol. The second kappa shape index (κ2) is 11.5. The van der Waals surface area contributed by atoms with Crippen LogP contribution in [-0.2, 0) is 19.1 Å². The van der Waals surface area contributed by atoms with Gasteiger partial charge in [-0.2, -0.15) is 0 Å². The summed E-state index contributed by atoms with van der Waals surface area (Å²) in [5.74, 6) is -0.576. The molecular formula is C24H27ClN2O6S. The van der Waals surface area contributed by atoms with Gasteiger partial charge in [0.25, 0.3) is 5.91 Å². The number of rotatable bonds is 7. The zero-order valence-corrected chi connectivity index (χ0v) is 20.5. The number of para-hydroxylation sites is 1. The van der Waals surface area contributed by atoms with E-state index in [0.717, 1.165) is 5.56 Å². The summed E-state index contributed by atoms with van der Waals surface area (Å²) < 4.78 is 38.9. The van der Waals surface area contributed by atoms with E-state index in [-0.39, 0.29) is 13.1 Å². The number of carbonyl (C=O) groups is 3. The zero-order chi connectivity index (χ0) is 27.3. The maximum Gasteiger partial charge on any atom is 0.411 e. The molecule has 1 aliphatic rings. The number of carbonyl (C=O) groups excluding carboxylic acids is 3. The Morgan fingerprint density at radius 1 is 1.24 bits per heavy atom. The minimum absolute atomic E-state index is 0.201. The van der Waals surface area contributed by atoms with E-state index in [2.05, 4.69) is 0 Å². The number of alkyl halides is 1. The number of methoxy groups -OCH3 is 1. The van der Waals surface area contributed by atoms with Gasteiger partial charge in [-0.15, -0.1) is 11.8 Å². The average Bonchev–Trinajstić information content (AvgIpc) is 2.93. The molecule has 0 spiro atoms. The first-order chi connectivity index (χ1) is 17.4. The van der Waals surface area contributed by atoms with E-state index in [1.165, 1.54) is 30.5 Å². The molecular weight excluding hydrogens is 480 g/mol. The van der Waals surface area contributed by atoms with Crippen LogP contribution < -0.4 is 9.64 Å². The largest absolute Gasteiger partial charge is 0.497 e. The molecule has 182 valence electrons. The van der Waals surface area contributed by atoms with Gasteiger partial charge in [-0.1, -0.05) is 35.9 Å². The topological polar surface area (TPSA) is 85.4 Å². The average molecular weight is 510 g/mol. The molecule has 0 saturated heterocycles. The second-order valence-corrected chi connectivity index (χ2v) is 9.18. The van der Waals surface area contributed by atoms with Gasteiger partial charge in [-0.05, 0) is 36.8 Å². The number of ether oxygens (including phenoxy) is 3. The lowest BCUT2D eigenvalue weighted by atomic mass is 10.1. The lowest BCUT2D eigenvalue weighted by molar-refractivity contribution is -0.152. The van der Waals surface area contributed by atoms with E-state index in [1.807, 2.05) is 6.07 Å². The van der Waals surface area contributed by atoms with Gasteiger partial charge >= 0.3 is 12.1 Å². The number of benzene rings is 2. The summed E-state index contributed by atoms with van der Waals surface area (Å²) in [6, 6.07) is 14.1. The molecule has 1 unspecified atom stereocenters. The standard InChI is InChI=1S/C24H27ClN2O6S/c1-15(25)32-24(30)26(3)13-14-27-19-7-5-6-8-20(19)34-22(21(23(27)29)33-16(2)28)17-9-11-18(31-4)12-10-17/h5-12,15,21-22H,13-14H2,1-4H3/t15?,21-,22+/m1/s1/i3D3. The minimum atomic E-state index is -2.84. The molecule has 8 nitrogen and oxygen atoms in total. The van der Waals surface area contributed by atoms with Crippen molar-refractivity contribution in [2.75, 3.05) is 32.1 Å². The Labute approximate surface area is 212 Å². The van der Waals surface area contributed by atoms with Crippen LogP contribution in [0.2, 0.25) is 0 Å². The van der Waals surface area contributed by atoms with Crippen LogP contribution >= 0.6 is 23.4 Å². The van der Waals surface area contributed by atoms with E-state index in [9.17, 15) is 14.4 Å². The van der Waals surface area contributed by atoms with Gasteiger partial charge in [0.15, 0.2) is 11.7 Å². The molecule has 10 heteroatoms. The monoisotopic (exact) mass is 509 g/mol. The summed E-state index contributed by atoms with van der Waals surface area (Å²) >= 11 is 7.05. The van der Waals surface area contributed by atoms with E-state index >= 15 is 0 Å². The molecule has 2 amide bonds. The van der Waals surface area contributed by atoms with Gasteiger partial charge in [-0.25, -0.2) is 4.79 Å². The van der Waals surface area contributed by atoms with Gasteiger partial charge < -0.3 is 24.0 Å². The summed E-state index contributed by atoms with van der Waals surface area (Å²) in [6.45, 7) is -0.832. The first kappa shape index (κ1) is 21.6. The highest BCUT2D eigenvalue weighted by Gasteiger charge is 2.40. The van der Waals surface area contributed by atoms with E-state index < -0.39 is 41.9 Å². The molecule has 0 fully saturated rings. The number of likely N-dealkylation sites (N-methyl/N-ethyl adjacent to an activating group) is 1. The molecule has 3 rings (SSSR count). The Bertz CT molecular complexity index is 1130. The van der Waals surface area contributed by atoms with Crippen molar-refractivity contribution >= 4 is 47.0 Å². The quantitative estimate of drug-likeness (QED) is 0.402. The number of hydrogen-bond donors (Lipinski definition) is 0. The van der Waals surface area contributed by atoms with E-state index in [0.29, 0.717) is 21.2 Å². The normalized spacial score (nSPS) is 20.1. The highest BCUT2D eigenvalue weighted by atomic mass is 35.5. The van der Waals surface area contributed by atoms with Crippen molar-refractivity contribution in [1.29, 1.82) is 0 Å². The van der Waals surface area contributed by atoms with Crippen LogP contribution in [0, 0.1) is 0 Å². The van der Waals surface area contributed by atoms with Crippen molar-refractivity contribution in [3.8, 4) is 5.75 Å². The van der Waals surface area contributed by atoms with Gasteiger partial charge in [-0.3, -0.25) is 9.59 Å². The van der Waals surface area contributed by atoms with Gasteiger partial charge in [0.2, 0.25) is 0 Å². The molecule has 0 aromatic heterocycles. The maximum absolute atomic E-state index is 13.9. The summed E-state index contributed by atoms with van der Waals surface area (Å²) in [6.07, 6.45) is -2.36. The lowest BCUT2D eigenvalue weighted by Crippen LogP contribution is -2.46. The second-order valence-electron chi connectivity index (χ2n) is 7.38. The van der Waals surface area contributed by atoms with Gasteiger partial charge in [0.1, 0.15) is 5.75 Å². The van der Waals surface area contributed by atoms with Crippen LogP contribution in [0.25, 0.3) is 0 Å². The van der Waals surface area contributed by atoms with E-state index in [4.69, 9.17) is 29.9 Å². The smallest absolute Gasteiger partial charge is 0.411 e. The number of esters is 1. The number of halogens is 1. The number of amides is 2. The Balaban J connectivity index is 2.00. The van der Waals surface area contributed by atoms with Crippen molar-refractivity contribution in [3.05, 3.63) is 54.1 Å². The Hall–Kier alpha value is -2.91. The first-order valence-corrected chi connectivity index (χ1v) is 11.7. The molecule has 0 aliphatic carbocycles. The highest BCUT2D eigenvalue weighted by molar-refractivity contribution is 7.99. The minimum Gasteiger partial charge on any atom is -0.497 e. The molecule has 2 aromatic rings. The van der Waals surface area contributed by atoms with Crippen molar-refractivity contribution in [2.24, 2.45) is 0 Å². The molecule has 0 saturated carbocycles. The molecule has 2 aromatic carbocycles. The number of fused-ring (bicyclic) bond motifs is 1. The highest BCUT2D eigenvalue weighted by Crippen LogP contribution is 2.46. The Kier molecular flexibility index (Phi) is 7.30. The van der Waals surface area contributed by atoms with Crippen LogP contribution in [0.1, 0.15) is 28.8 Å².